The summed E-state index contributed by atoms with van der Waals surface area (Å²) >= 11 is 1.67. The van der Waals surface area contributed by atoms with E-state index >= 15 is 0 Å². The van der Waals surface area contributed by atoms with Crippen LogP contribution >= 0.6 is 11.3 Å². The summed E-state index contributed by atoms with van der Waals surface area (Å²) in [6, 6.07) is 18.5. The number of thiophene rings is 1. The smallest absolute Gasteiger partial charge is 0.303 e. The van der Waals surface area contributed by atoms with E-state index in [-0.39, 0.29) is 12.3 Å². The number of carbonyl (C=O) groups excluding carboxylic acids is 1. The van der Waals surface area contributed by atoms with Crippen LogP contribution in [0.5, 0.6) is 5.75 Å². The molecule has 0 spiro atoms. The second-order valence-electron chi connectivity index (χ2n) is 8.88. The minimum Gasteiger partial charge on any atom is -0.493 e. The summed E-state index contributed by atoms with van der Waals surface area (Å²) < 4.78 is 15.2. The molecular weight excluding hydrogens is 458 g/mol. The van der Waals surface area contributed by atoms with Crippen LogP contribution in [0.3, 0.4) is 0 Å². The molecule has 1 aliphatic rings. The molecule has 1 fully saturated rings. The molecular formula is C29H33NO4S. The van der Waals surface area contributed by atoms with Crippen molar-refractivity contribution in [3.63, 3.8) is 0 Å². The lowest BCUT2D eigenvalue weighted by atomic mass is 10.1. The zero-order valence-corrected chi connectivity index (χ0v) is 20.8. The van der Waals surface area contributed by atoms with E-state index in [4.69, 9.17) is 11.2 Å². The summed E-state index contributed by atoms with van der Waals surface area (Å²) in [4.78, 5) is 27.3. The van der Waals surface area contributed by atoms with E-state index in [0.29, 0.717) is 43.7 Å². The van der Waals surface area contributed by atoms with E-state index < -0.39 is 12.0 Å². The van der Waals surface area contributed by atoms with Gasteiger partial charge in [-0.1, -0.05) is 49.2 Å². The molecule has 1 N–H and O–H groups in total. The number of hydrogen-bond acceptors (Lipinski definition) is 4. The maximum absolute atomic E-state index is 13.8. The second-order valence-corrected chi connectivity index (χ2v) is 9.83. The lowest BCUT2D eigenvalue weighted by molar-refractivity contribution is -0.137. The molecule has 184 valence electrons. The number of carbonyl (C=O) groups is 2. The van der Waals surface area contributed by atoms with Crippen LogP contribution in [0.1, 0.15) is 68.7 Å². The standard InChI is InChI=1S/C29H33NO4S/c31-28(32)14-2-1-7-19-34-26-12-6-3-9-24(26)21-30(25-10-4-5-11-25)29(33)23-17-15-22(16-18-23)27-13-8-20-35-27/h3,6,8-9,12-13,15-18,20,25H,1-2,4-5,7,10-11,14,19,21H2,(H,31,32)/i25D. The number of amides is 1. The van der Waals surface area contributed by atoms with Crippen LogP contribution in [0.4, 0.5) is 0 Å². The van der Waals surface area contributed by atoms with Gasteiger partial charge < -0.3 is 14.7 Å². The molecule has 0 atom stereocenters. The Bertz CT molecular complexity index is 1140. The van der Waals surface area contributed by atoms with Gasteiger partial charge >= 0.3 is 5.97 Å². The summed E-state index contributed by atoms with van der Waals surface area (Å²) in [7, 11) is 0. The Labute approximate surface area is 212 Å². The number of carboxylic acids is 1. The van der Waals surface area contributed by atoms with Crippen molar-refractivity contribution < 1.29 is 20.8 Å². The average Bonchev–Trinajstić information content (AvgIpc) is 3.58. The quantitative estimate of drug-likeness (QED) is 0.276. The second kappa shape index (κ2) is 12.5. The molecule has 6 heteroatoms. The van der Waals surface area contributed by atoms with E-state index in [1.807, 2.05) is 60.0 Å². The summed E-state index contributed by atoms with van der Waals surface area (Å²) in [6.07, 6.45) is 5.58. The Morgan fingerprint density at radius 1 is 1.00 bits per heavy atom. The molecule has 1 saturated carbocycles. The summed E-state index contributed by atoms with van der Waals surface area (Å²) in [5.74, 6) is -0.195. The van der Waals surface area contributed by atoms with E-state index in [2.05, 4.69) is 6.07 Å². The third kappa shape index (κ3) is 6.95. The average molecular weight is 493 g/mol. The number of hydrogen-bond donors (Lipinski definition) is 1. The molecule has 4 rings (SSSR count). The lowest BCUT2D eigenvalue weighted by Gasteiger charge is -2.30. The first-order valence-electron chi connectivity index (χ1n) is 12.8. The molecule has 1 amide bonds. The highest BCUT2D eigenvalue weighted by molar-refractivity contribution is 7.13. The molecule has 5 nitrogen and oxygen atoms in total. The van der Waals surface area contributed by atoms with Crippen molar-refractivity contribution in [3.05, 3.63) is 77.2 Å². The number of aliphatic carboxylic acids is 1. The van der Waals surface area contributed by atoms with Gasteiger partial charge in [0.05, 0.1) is 7.98 Å². The number of rotatable bonds is 12. The number of benzene rings is 2. The van der Waals surface area contributed by atoms with Crippen LogP contribution in [0.2, 0.25) is 0 Å². The molecule has 1 aliphatic carbocycles. The highest BCUT2D eigenvalue weighted by Crippen LogP contribution is 2.30. The number of unbranched alkanes of at least 4 members (excludes halogenated alkanes) is 2. The van der Waals surface area contributed by atoms with Gasteiger partial charge in [0.25, 0.3) is 5.91 Å². The Morgan fingerprint density at radius 2 is 1.77 bits per heavy atom. The van der Waals surface area contributed by atoms with Crippen LogP contribution in [-0.2, 0) is 11.3 Å². The lowest BCUT2D eigenvalue weighted by Crippen LogP contribution is -2.38. The SMILES string of the molecule is [2H]C1(N(Cc2ccccc2OCCCCCC(=O)O)C(=O)c2ccc(-c3cccs3)cc2)CCCC1. The van der Waals surface area contributed by atoms with Gasteiger partial charge in [-0.25, -0.2) is 0 Å². The minimum absolute atomic E-state index is 0.131. The maximum atomic E-state index is 13.8. The normalized spacial score (nSPS) is 14.9. The van der Waals surface area contributed by atoms with Gasteiger partial charge in [-0.3, -0.25) is 9.59 Å². The van der Waals surface area contributed by atoms with Crippen molar-refractivity contribution in [2.24, 2.45) is 0 Å². The van der Waals surface area contributed by atoms with Gasteiger partial charge in [0.15, 0.2) is 0 Å². The topological polar surface area (TPSA) is 66.8 Å². The highest BCUT2D eigenvalue weighted by Gasteiger charge is 2.28. The summed E-state index contributed by atoms with van der Waals surface area (Å²) in [6.45, 7) is 0.797. The molecule has 1 aromatic heterocycles. The van der Waals surface area contributed by atoms with Gasteiger partial charge in [0.1, 0.15) is 5.75 Å². The summed E-state index contributed by atoms with van der Waals surface area (Å²) in [5, 5.41) is 10.8. The molecule has 0 radical (unpaired) electrons. The fourth-order valence-electron chi connectivity index (χ4n) is 4.44. The minimum atomic E-state index is -0.937. The molecule has 0 saturated heterocycles. The largest absolute Gasteiger partial charge is 0.493 e. The Hall–Kier alpha value is -3.12. The fourth-order valence-corrected chi connectivity index (χ4v) is 5.17. The predicted octanol–water partition coefficient (Wildman–Crippen LogP) is 7.02. The predicted molar refractivity (Wildman–Crippen MR) is 140 cm³/mol. The number of para-hydroxylation sites is 1. The molecule has 2 aromatic carbocycles. The van der Waals surface area contributed by atoms with Gasteiger partial charge in [-0.15, -0.1) is 11.3 Å². The van der Waals surface area contributed by atoms with Crippen LogP contribution in [0, 0.1) is 0 Å². The Kier molecular flexibility index (Phi) is 8.46. The van der Waals surface area contributed by atoms with Crippen molar-refractivity contribution in [1.82, 2.24) is 4.90 Å². The molecule has 0 aliphatic heterocycles. The molecule has 1 heterocycles. The molecule has 0 bridgehead atoms. The van der Waals surface area contributed by atoms with Gasteiger partial charge in [0.2, 0.25) is 0 Å². The maximum Gasteiger partial charge on any atom is 0.303 e. The first-order valence-corrected chi connectivity index (χ1v) is 13.2. The van der Waals surface area contributed by atoms with Crippen molar-refractivity contribution in [2.75, 3.05) is 6.61 Å². The van der Waals surface area contributed by atoms with E-state index in [0.717, 1.165) is 41.7 Å². The molecule has 3 aromatic rings. The van der Waals surface area contributed by atoms with Crippen LogP contribution in [0.15, 0.2) is 66.0 Å². The van der Waals surface area contributed by atoms with Crippen LogP contribution < -0.4 is 4.74 Å². The monoisotopic (exact) mass is 492 g/mol. The van der Waals surface area contributed by atoms with Crippen molar-refractivity contribution >= 4 is 23.2 Å². The van der Waals surface area contributed by atoms with E-state index in [1.54, 1.807) is 16.2 Å². The third-order valence-corrected chi connectivity index (χ3v) is 7.26. The van der Waals surface area contributed by atoms with Gasteiger partial charge in [-0.05, 0) is 67.3 Å². The van der Waals surface area contributed by atoms with Crippen molar-refractivity contribution in [3.8, 4) is 16.2 Å². The first kappa shape index (κ1) is 23.6. The first-order chi connectivity index (χ1) is 17.5. The summed E-state index contributed by atoms with van der Waals surface area (Å²) in [5.41, 5.74) is 2.55. The van der Waals surface area contributed by atoms with Crippen LogP contribution in [-0.4, -0.2) is 34.5 Å². The number of carboxylic acid groups (broad SMARTS) is 1. The van der Waals surface area contributed by atoms with Gasteiger partial charge in [-0.2, -0.15) is 0 Å². The van der Waals surface area contributed by atoms with Gasteiger partial charge in [0, 0.05) is 35.0 Å². The third-order valence-electron chi connectivity index (χ3n) is 6.34. The Balaban J connectivity index is 1.49. The number of ether oxygens (including phenoxy) is 1. The van der Waals surface area contributed by atoms with Crippen molar-refractivity contribution in [2.45, 2.75) is 63.9 Å². The van der Waals surface area contributed by atoms with Crippen LogP contribution in [0.25, 0.3) is 10.4 Å². The zero-order chi connectivity index (χ0) is 25.4. The number of nitrogens with zero attached hydrogens (tertiary/aromatic N) is 1. The van der Waals surface area contributed by atoms with E-state index in [1.165, 1.54) is 0 Å². The zero-order valence-electron chi connectivity index (χ0n) is 20.9. The Morgan fingerprint density at radius 3 is 2.49 bits per heavy atom. The highest BCUT2D eigenvalue weighted by atomic mass is 32.1. The fraction of sp³-hybridized carbons (Fsp3) is 0.379. The molecule has 0 unspecified atom stereocenters. The molecule has 35 heavy (non-hydrogen) atoms. The van der Waals surface area contributed by atoms with Crippen molar-refractivity contribution in [1.29, 1.82) is 0 Å². The van der Waals surface area contributed by atoms with E-state index in [9.17, 15) is 9.59 Å².